The van der Waals surface area contributed by atoms with Crippen LogP contribution in [0.2, 0.25) is 0 Å². The van der Waals surface area contributed by atoms with Crippen molar-refractivity contribution < 1.29 is 9.53 Å². The maximum absolute atomic E-state index is 12.2. The van der Waals surface area contributed by atoms with Gasteiger partial charge in [-0.1, -0.05) is 18.2 Å². The molecule has 1 saturated heterocycles. The van der Waals surface area contributed by atoms with Crippen LogP contribution in [0.4, 0.5) is 22.0 Å². The maximum atomic E-state index is 12.2. The summed E-state index contributed by atoms with van der Waals surface area (Å²) in [6.07, 6.45) is 1.89. The van der Waals surface area contributed by atoms with Crippen molar-refractivity contribution in [3.63, 3.8) is 0 Å². The predicted molar refractivity (Wildman–Crippen MR) is 124 cm³/mol. The number of benzene rings is 2. The zero-order valence-corrected chi connectivity index (χ0v) is 17.6. The minimum Gasteiger partial charge on any atom is -0.375 e. The van der Waals surface area contributed by atoms with E-state index in [4.69, 9.17) is 9.72 Å². The van der Waals surface area contributed by atoms with E-state index in [2.05, 4.69) is 37.6 Å². The lowest BCUT2D eigenvalue weighted by atomic mass is 10.2. The Morgan fingerprint density at radius 3 is 2.56 bits per heavy atom. The van der Waals surface area contributed by atoms with E-state index in [0.29, 0.717) is 23.8 Å². The van der Waals surface area contributed by atoms with Crippen molar-refractivity contribution in [2.75, 3.05) is 35.2 Å². The Bertz CT molecular complexity index is 1220. The molecule has 1 unspecified atom stereocenters. The van der Waals surface area contributed by atoms with Gasteiger partial charge in [-0.2, -0.15) is 5.10 Å². The minimum absolute atomic E-state index is 0.136. The molecule has 0 saturated carbocycles. The van der Waals surface area contributed by atoms with Gasteiger partial charge < -0.3 is 20.3 Å². The number of aromatic amines is 1. The first kappa shape index (κ1) is 20.0. The van der Waals surface area contributed by atoms with Gasteiger partial charge in [0.1, 0.15) is 5.82 Å². The van der Waals surface area contributed by atoms with Crippen LogP contribution in [0, 0.1) is 0 Å². The second-order valence-electron chi connectivity index (χ2n) is 7.65. The van der Waals surface area contributed by atoms with Crippen molar-refractivity contribution in [3.05, 3.63) is 60.8 Å². The van der Waals surface area contributed by atoms with Gasteiger partial charge in [0, 0.05) is 30.0 Å². The fourth-order valence-electron chi connectivity index (χ4n) is 3.72. The standard InChI is InChI=1S/C23H23N7O2/c1-15-14-30(11-12-32-15)22-19-13-24-29-21(19)27-20(28-22)16-7-9-18(10-8-16)26-23(31)25-17-5-3-2-4-6-17/h2-10,13,15H,11-12,14H2,1H3,(H2,25,26,31)(H,24,27,28,29). The normalized spacial score (nSPS) is 16.2. The molecule has 4 aromatic rings. The van der Waals surface area contributed by atoms with Crippen molar-refractivity contribution in [2.45, 2.75) is 13.0 Å². The summed E-state index contributed by atoms with van der Waals surface area (Å²) in [5, 5.41) is 13.6. The highest BCUT2D eigenvalue weighted by molar-refractivity contribution is 5.99. The van der Waals surface area contributed by atoms with Gasteiger partial charge in [-0.05, 0) is 43.3 Å². The van der Waals surface area contributed by atoms with Crippen molar-refractivity contribution in [1.82, 2.24) is 20.2 Å². The summed E-state index contributed by atoms with van der Waals surface area (Å²) in [5.74, 6) is 1.44. The number of nitrogens with one attached hydrogen (secondary N) is 3. The molecular formula is C23H23N7O2. The molecule has 2 aromatic heterocycles. The number of carbonyl (C=O) groups is 1. The lowest BCUT2D eigenvalue weighted by Crippen LogP contribution is -2.41. The van der Waals surface area contributed by atoms with E-state index in [1.807, 2.05) is 54.6 Å². The van der Waals surface area contributed by atoms with Crippen LogP contribution in [0.5, 0.6) is 0 Å². The summed E-state index contributed by atoms with van der Waals surface area (Å²) in [4.78, 5) is 23.9. The van der Waals surface area contributed by atoms with E-state index < -0.39 is 0 Å². The number of aromatic nitrogens is 4. The van der Waals surface area contributed by atoms with E-state index in [9.17, 15) is 4.79 Å². The van der Waals surface area contributed by atoms with Gasteiger partial charge in [-0.3, -0.25) is 5.10 Å². The number of rotatable bonds is 4. The summed E-state index contributed by atoms with van der Waals surface area (Å²) in [6, 6.07) is 16.4. The van der Waals surface area contributed by atoms with Crippen LogP contribution in [0.15, 0.2) is 60.8 Å². The number of urea groups is 1. The smallest absolute Gasteiger partial charge is 0.323 e. The number of amides is 2. The number of ether oxygens (including phenoxy) is 1. The molecule has 2 aromatic carbocycles. The average Bonchev–Trinajstić information content (AvgIpc) is 3.28. The molecule has 1 fully saturated rings. The first-order valence-electron chi connectivity index (χ1n) is 10.5. The second-order valence-corrected chi connectivity index (χ2v) is 7.65. The Kier molecular flexibility index (Phi) is 5.39. The fourth-order valence-corrected chi connectivity index (χ4v) is 3.72. The molecule has 3 N–H and O–H groups in total. The van der Waals surface area contributed by atoms with Crippen LogP contribution in [0.1, 0.15) is 6.92 Å². The zero-order chi connectivity index (χ0) is 21.9. The maximum Gasteiger partial charge on any atom is 0.323 e. The number of hydrogen-bond donors (Lipinski definition) is 3. The van der Waals surface area contributed by atoms with Crippen molar-refractivity contribution in [2.24, 2.45) is 0 Å². The molecular weight excluding hydrogens is 406 g/mol. The van der Waals surface area contributed by atoms with Crippen molar-refractivity contribution >= 4 is 34.3 Å². The van der Waals surface area contributed by atoms with Gasteiger partial charge in [0.25, 0.3) is 0 Å². The third-order valence-corrected chi connectivity index (χ3v) is 5.26. The molecule has 0 bridgehead atoms. The van der Waals surface area contributed by atoms with Crippen molar-refractivity contribution in [3.8, 4) is 11.4 Å². The molecule has 2 amide bonds. The second kappa shape index (κ2) is 8.64. The summed E-state index contributed by atoms with van der Waals surface area (Å²) in [7, 11) is 0. The van der Waals surface area contributed by atoms with Gasteiger partial charge in [-0.25, -0.2) is 14.8 Å². The monoisotopic (exact) mass is 429 g/mol. The number of H-pyrrole nitrogens is 1. The Hall–Kier alpha value is -3.98. The van der Waals surface area contributed by atoms with Crippen LogP contribution < -0.4 is 15.5 Å². The van der Waals surface area contributed by atoms with Gasteiger partial charge in [-0.15, -0.1) is 0 Å². The largest absolute Gasteiger partial charge is 0.375 e. The molecule has 5 rings (SSSR count). The number of para-hydroxylation sites is 1. The third kappa shape index (κ3) is 4.23. The third-order valence-electron chi connectivity index (χ3n) is 5.26. The minimum atomic E-state index is -0.303. The highest BCUT2D eigenvalue weighted by Crippen LogP contribution is 2.28. The predicted octanol–water partition coefficient (Wildman–Crippen LogP) is 3.89. The van der Waals surface area contributed by atoms with Gasteiger partial charge in [0.15, 0.2) is 11.5 Å². The van der Waals surface area contributed by atoms with E-state index in [1.54, 1.807) is 6.20 Å². The Morgan fingerprint density at radius 1 is 1.06 bits per heavy atom. The summed E-state index contributed by atoms with van der Waals surface area (Å²) in [6.45, 7) is 4.24. The van der Waals surface area contributed by atoms with Crippen LogP contribution in [0.25, 0.3) is 22.4 Å². The van der Waals surface area contributed by atoms with Crippen LogP contribution in [-0.4, -0.2) is 52.0 Å². The number of hydrogen-bond acceptors (Lipinski definition) is 6. The first-order valence-corrected chi connectivity index (χ1v) is 10.5. The quantitative estimate of drug-likeness (QED) is 0.454. The van der Waals surface area contributed by atoms with E-state index in [-0.39, 0.29) is 12.1 Å². The molecule has 1 aliphatic heterocycles. The summed E-state index contributed by atoms with van der Waals surface area (Å²) in [5.41, 5.74) is 2.94. The van der Waals surface area contributed by atoms with Gasteiger partial charge in [0.05, 0.1) is 24.3 Å². The molecule has 0 radical (unpaired) electrons. The number of fused-ring (bicyclic) bond motifs is 1. The fraction of sp³-hybridized carbons (Fsp3) is 0.217. The van der Waals surface area contributed by atoms with Gasteiger partial charge >= 0.3 is 6.03 Å². The number of carbonyl (C=O) groups excluding carboxylic acids is 1. The molecule has 1 atom stereocenters. The molecule has 0 aliphatic carbocycles. The van der Waals surface area contributed by atoms with E-state index in [0.717, 1.165) is 35.5 Å². The SMILES string of the molecule is CC1CN(c2nc(-c3ccc(NC(=O)Nc4ccccc4)cc3)nc3[nH]ncc23)CCO1. The average molecular weight is 429 g/mol. The lowest BCUT2D eigenvalue weighted by molar-refractivity contribution is 0.0530. The van der Waals surface area contributed by atoms with Crippen LogP contribution in [-0.2, 0) is 4.74 Å². The molecule has 9 heteroatoms. The first-order chi connectivity index (χ1) is 15.7. The highest BCUT2D eigenvalue weighted by Gasteiger charge is 2.22. The Balaban J connectivity index is 1.36. The Morgan fingerprint density at radius 2 is 1.81 bits per heavy atom. The lowest BCUT2D eigenvalue weighted by Gasteiger charge is -2.32. The molecule has 3 heterocycles. The van der Waals surface area contributed by atoms with E-state index in [1.165, 1.54) is 0 Å². The van der Waals surface area contributed by atoms with E-state index >= 15 is 0 Å². The van der Waals surface area contributed by atoms with Crippen molar-refractivity contribution in [1.29, 1.82) is 0 Å². The highest BCUT2D eigenvalue weighted by atomic mass is 16.5. The number of morpholine rings is 1. The van der Waals surface area contributed by atoms with Crippen LogP contribution >= 0.6 is 0 Å². The number of anilines is 3. The molecule has 9 nitrogen and oxygen atoms in total. The topological polar surface area (TPSA) is 108 Å². The molecule has 1 aliphatic rings. The molecule has 162 valence electrons. The molecule has 0 spiro atoms. The van der Waals surface area contributed by atoms with Gasteiger partial charge in [0.2, 0.25) is 0 Å². The Labute approximate surface area is 184 Å². The summed E-state index contributed by atoms with van der Waals surface area (Å²) < 4.78 is 5.67. The zero-order valence-electron chi connectivity index (χ0n) is 17.6. The molecule has 32 heavy (non-hydrogen) atoms. The number of nitrogens with zero attached hydrogens (tertiary/aromatic N) is 4. The van der Waals surface area contributed by atoms with Crippen LogP contribution in [0.3, 0.4) is 0 Å². The summed E-state index contributed by atoms with van der Waals surface area (Å²) >= 11 is 0.